The lowest BCUT2D eigenvalue weighted by atomic mass is 10.1. The highest BCUT2D eigenvalue weighted by molar-refractivity contribution is 6.04. The average Bonchev–Trinajstić information content (AvgIpc) is 3.01. The maximum absolute atomic E-state index is 12.2. The fraction of sp³-hybridized carbons (Fsp3) is 0.154. The van der Waals surface area contributed by atoms with Gasteiger partial charge in [-0.3, -0.25) is 14.3 Å². The zero-order valence-electron chi connectivity index (χ0n) is 11.0. The second-order valence-electron chi connectivity index (χ2n) is 4.37. The third-order valence-electron chi connectivity index (χ3n) is 3.01. The van der Waals surface area contributed by atoms with E-state index in [4.69, 9.17) is 0 Å². The van der Waals surface area contributed by atoms with Gasteiger partial charge in [0.05, 0.1) is 18.1 Å². The Morgan fingerprint density at radius 2 is 2.10 bits per heavy atom. The molecule has 0 aliphatic rings. The van der Waals surface area contributed by atoms with Gasteiger partial charge in [0, 0.05) is 18.1 Å². The number of carbonyl (C=O) groups excluding carboxylic acids is 1. The van der Waals surface area contributed by atoms with E-state index in [0.717, 1.165) is 0 Å². The molecule has 0 aliphatic heterocycles. The molecule has 2 heterocycles. The summed E-state index contributed by atoms with van der Waals surface area (Å²) in [4.78, 5) is 23.8. The number of H-pyrrole nitrogens is 1. The van der Waals surface area contributed by atoms with Crippen molar-refractivity contribution in [3.63, 3.8) is 0 Å². The Morgan fingerprint density at radius 1 is 1.29 bits per heavy atom. The molecule has 0 saturated carbocycles. The van der Waals surface area contributed by atoms with Crippen LogP contribution < -0.4 is 10.9 Å². The van der Waals surface area contributed by atoms with Crippen molar-refractivity contribution in [3.05, 3.63) is 52.7 Å². The van der Waals surface area contributed by atoms with Crippen molar-refractivity contribution in [2.75, 3.05) is 6.54 Å². The number of hydrogen-bond acceptors (Lipinski definition) is 5. The number of hydrogen-bond donors (Lipinski definition) is 2. The minimum atomic E-state index is -0.345. The fourth-order valence-corrected chi connectivity index (χ4v) is 2.01. The van der Waals surface area contributed by atoms with Gasteiger partial charge in [-0.05, 0) is 6.07 Å². The van der Waals surface area contributed by atoms with Crippen LogP contribution >= 0.6 is 0 Å². The minimum Gasteiger partial charge on any atom is -0.349 e. The molecule has 8 nitrogen and oxygen atoms in total. The third-order valence-corrected chi connectivity index (χ3v) is 3.01. The van der Waals surface area contributed by atoms with Crippen LogP contribution in [-0.2, 0) is 6.54 Å². The number of aromatic nitrogens is 5. The Kier molecular flexibility index (Phi) is 3.42. The zero-order chi connectivity index (χ0) is 14.7. The van der Waals surface area contributed by atoms with Crippen LogP contribution in [0.5, 0.6) is 0 Å². The van der Waals surface area contributed by atoms with Crippen molar-refractivity contribution in [2.45, 2.75) is 6.54 Å². The van der Waals surface area contributed by atoms with Crippen molar-refractivity contribution < 1.29 is 4.79 Å². The number of benzene rings is 1. The highest BCUT2D eigenvalue weighted by Gasteiger charge is 2.13. The fourth-order valence-electron chi connectivity index (χ4n) is 2.01. The maximum Gasteiger partial charge on any atom is 0.272 e. The quantitative estimate of drug-likeness (QED) is 0.698. The van der Waals surface area contributed by atoms with Gasteiger partial charge in [0.1, 0.15) is 0 Å². The van der Waals surface area contributed by atoms with Crippen LogP contribution in [0.25, 0.3) is 10.8 Å². The zero-order valence-corrected chi connectivity index (χ0v) is 11.0. The Hall–Kier alpha value is -3.03. The summed E-state index contributed by atoms with van der Waals surface area (Å²) < 4.78 is 1.61. The molecule has 106 valence electrons. The minimum absolute atomic E-state index is 0.198. The summed E-state index contributed by atoms with van der Waals surface area (Å²) in [5, 5.41) is 17.4. The third kappa shape index (κ3) is 2.64. The molecule has 0 atom stereocenters. The van der Waals surface area contributed by atoms with Gasteiger partial charge >= 0.3 is 0 Å². The Labute approximate surface area is 118 Å². The first kappa shape index (κ1) is 13.0. The smallest absolute Gasteiger partial charge is 0.272 e. The Bertz CT molecular complexity index is 824. The van der Waals surface area contributed by atoms with E-state index in [1.807, 2.05) is 0 Å². The molecule has 3 aromatic rings. The van der Waals surface area contributed by atoms with Gasteiger partial charge in [-0.2, -0.15) is 5.10 Å². The molecule has 0 bridgehead atoms. The summed E-state index contributed by atoms with van der Waals surface area (Å²) in [7, 11) is 0. The Balaban J connectivity index is 1.78. The van der Waals surface area contributed by atoms with Crippen LogP contribution in [0.15, 0.2) is 41.5 Å². The van der Waals surface area contributed by atoms with E-state index in [-0.39, 0.29) is 17.2 Å². The van der Waals surface area contributed by atoms with Crippen LogP contribution in [0.3, 0.4) is 0 Å². The van der Waals surface area contributed by atoms with E-state index in [2.05, 4.69) is 25.8 Å². The summed E-state index contributed by atoms with van der Waals surface area (Å²) >= 11 is 0. The van der Waals surface area contributed by atoms with Gasteiger partial charge in [-0.25, -0.2) is 5.10 Å². The molecule has 0 unspecified atom stereocenters. The first-order valence-electron chi connectivity index (χ1n) is 6.35. The standard InChI is InChI=1S/C13H12N6O2/c20-12-10-4-2-1-3-9(10)11(16-17-12)13(21)14-5-7-19-8-6-15-18-19/h1-4,6,8H,5,7H2,(H,14,21)(H,17,20). The average molecular weight is 284 g/mol. The van der Waals surface area contributed by atoms with Gasteiger partial charge < -0.3 is 5.32 Å². The number of aromatic amines is 1. The second-order valence-corrected chi connectivity index (χ2v) is 4.37. The van der Waals surface area contributed by atoms with E-state index in [1.54, 1.807) is 41.3 Å². The van der Waals surface area contributed by atoms with Gasteiger partial charge in [0.25, 0.3) is 11.5 Å². The second kappa shape index (κ2) is 5.53. The number of rotatable bonds is 4. The molecule has 1 amide bonds. The maximum atomic E-state index is 12.2. The predicted octanol–water partition coefficient (Wildman–Crippen LogP) is -0.0554. The first-order valence-corrected chi connectivity index (χ1v) is 6.35. The van der Waals surface area contributed by atoms with Crippen molar-refractivity contribution in [3.8, 4) is 0 Å². The van der Waals surface area contributed by atoms with Gasteiger partial charge in [0.15, 0.2) is 5.69 Å². The summed E-state index contributed by atoms with van der Waals surface area (Å²) in [5.41, 5.74) is -0.117. The molecule has 0 aliphatic carbocycles. The number of amides is 1. The topological polar surface area (TPSA) is 106 Å². The normalized spacial score (nSPS) is 10.7. The van der Waals surface area contributed by atoms with Crippen LogP contribution in [0, 0.1) is 0 Å². The van der Waals surface area contributed by atoms with Crippen LogP contribution in [0.4, 0.5) is 0 Å². The van der Waals surface area contributed by atoms with Crippen molar-refractivity contribution in [1.82, 2.24) is 30.5 Å². The molecule has 0 saturated heterocycles. The van der Waals surface area contributed by atoms with Crippen LogP contribution in [-0.4, -0.2) is 37.6 Å². The SMILES string of the molecule is O=C(NCCn1ccnn1)c1n[nH]c(=O)c2ccccc12. The molecule has 3 rings (SSSR count). The van der Waals surface area contributed by atoms with E-state index in [1.165, 1.54) is 0 Å². The largest absolute Gasteiger partial charge is 0.349 e. The summed E-state index contributed by atoms with van der Waals surface area (Å²) in [6, 6.07) is 6.85. The monoisotopic (exact) mass is 284 g/mol. The summed E-state index contributed by atoms with van der Waals surface area (Å²) in [6.07, 6.45) is 3.28. The van der Waals surface area contributed by atoms with Crippen molar-refractivity contribution >= 4 is 16.7 Å². The summed E-state index contributed by atoms with van der Waals surface area (Å²) in [5.74, 6) is -0.345. The molecule has 8 heteroatoms. The van der Waals surface area contributed by atoms with Crippen LogP contribution in [0.1, 0.15) is 10.5 Å². The molecule has 0 fully saturated rings. The Morgan fingerprint density at radius 3 is 2.86 bits per heavy atom. The highest BCUT2D eigenvalue weighted by Crippen LogP contribution is 2.11. The molecule has 1 aromatic carbocycles. The number of nitrogens with zero attached hydrogens (tertiary/aromatic N) is 4. The predicted molar refractivity (Wildman–Crippen MR) is 74.7 cm³/mol. The lowest BCUT2D eigenvalue weighted by Crippen LogP contribution is -2.29. The number of carbonyl (C=O) groups is 1. The molecule has 0 spiro atoms. The summed E-state index contributed by atoms with van der Waals surface area (Å²) in [6.45, 7) is 0.893. The number of nitrogens with one attached hydrogen (secondary N) is 2. The first-order chi connectivity index (χ1) is 10.3. The van der Waals surface area contributed by atoms with Crippen molar-refractivity contribution in [2.24, 2.45) is 0 Å². The molecular weight excluding hydrogens is 272 g/mol. The molecule has 2 aromatic heterocycles. The van der Waals surface area contributed by atoms with E-state index in [9.17, 15) is 9.59 Å². The lowest BCUT2D eigenvalue weighted by molar-refractivity contribution is 0.0947. The van der Waals surface area contributed by atoms with Crippen LogP contribution in [0.2, 0.25) is 0 Å². The molecule has 2 N–H and O–H groups in total. The lowest BCUT2D eigenvalue weighted by Gasteiger charge is -2.06. The van der Waals surface area contributed by atoms with Gasteiger partial charge in [-0.1, -0.05) is 23.4 Å². The highest BCUT2D eigenvalue weighted by atomic mass is 16.2. The van der Waals surface area contributed by atoms with E-state index >= 15 is 0 Å². The molecule has 21 heavy (non-hydrogen) atoms. The van der Waals surface area contributed by atoms with Crippen molar-refractivity contribution in [1.29, 1.82) is 0 Å². The van der Waals surface area contributed by atoms with E-state index in [0.29, 0.717) is 23.9 Å². The van der Waals surface area contributed by atoms with E-state index < -0.39 is 0 Å². The number of fused-ring (bicyclic) bond motifs is 1. The molecular formula is C13H12N6O2. The van der Waals surface area contributed by atoms with Gasteiger partial charge in [-0.15, -0.1) is 5.10 Å². The molecule has 0 radical (unpaired) electrons. The van der Waals surface area contributed by atoms with Gasteiger partial charge in [0.2, 0.25) is 0 Å².